The molecule has 0 radical (unpaired) electrons. The predicted octanol–water partition coefficient (Wildman–Crippen LogP) is 3.67. The van der Waals surface area contributed by atoms with Gasteiger partial charge < -0.3 is 35.5 Å². The van der Waals surface area contributed by atoms with Gasteiger partial charge in [-0.1, -0.05) is 67.8 Å². The number of aliphatic hydroxyl groups excluding tert-OH is 4. The van der Waals surface area contributed by atoms with Gasteiger partial charge in [0.1, 0.15) is 6.23 Å². The zero-order valence-electron chi connectivity index (χ0n) is 23.3. The van der Waals surface area contributed by atoms with E-state index >= 15 is 0 Å². The van der Waals surface area contributed by atoms with Crippen LogP contribution < -0.4 is 0 Å². The summed E-state index contributed by atoms with van der Waals surface area (Å²) in [6, 6.07) is 14.3. The lowest BCUT2D eigenvalue weighted by Gasteiger charge is -2.24. The minimum absolute atomic E-state index is 0.0604. The molecule has 220 valence electrons. The molecule has 6 N–H and O–H groups in total. The number of rotatable bonds is 15. The van der Waals surface area contributed by atoms with Crippen molar-refractivity contribution in [2.75, 3.05) is 7.05 Å². The Morgan fingerprint density at radius 1 is 0.950 bits per heavy atom. The van der Waals surface area contributed by atoms with Crippen LogP contribution >= 0.6 is 0 Å². The average Bonchev–Trinajstić information content (AvgIpc) is 3.21. The van der Waals surface area contributed by atoms with Gasteiger partial charge in [-0.2, -0.15) is 0 Å². The van der Waals surface area contributed by atoms with E-state index in [1.54, 1.807) is 19.2 Å². The van der Waals surface area contributed by atoms with E-state index in [4.69, 9.17) is 0 Å². The minimum atomic E-state index is -1.03. The summed E-state index contributed by atoms with van der Waals surface area (Å²) in [6.07, 6.45) is 7.00. The summed E-state index contributed by atoms with van der Waals surface area (Å²) in [5.41, 5.74) is 1.78. The molecule has 8 nitrogen and oxygen atoms in total. The number of amides is 1. The zero-order chi connectivity index (χ0) is 29.1. The zero-order valence-corrected chi connectivity index (χ0v) is 23.3. The molecule has 0 aromatic heterocycles. The molecule has 2 aromatic rings. The van der Waals surface area contributed by atoms with Crippen molar-refractivity contribution in [1.82, 2.24) is 4.90 Å². The van der Waals surface area contributed by atoms with Gasteiger partial charge in [-0.3, -0.25) is 4.79 Å². The van der Waals surface area contributed by atoms with Crippen LogP contribution in [0.2, 0.25) is 0 Å². The molecular formula is C32H45NO7. The summed E-state index contributed by atoms with van der Waals surface area (Å²) in [5, 5.41) is 60.8. The summed E-state index contributed by atoms with van der Waals surface area (Å²) < 4.78 is 0. The highest BCUT2D eigenvalue weighted by molar-refractivity contribution is 5.76. The van der Waals surface area contributed by atoms with Crippen LogP contribution in [0.4, 0.5) is 0 Å². The fraction of sp³-hybridized carbons (Fsp3) is 0.531. The molecule has 8 heteroatoms. The van der Waals surface area contributed by atoms with Crippen LogP contribution in [-0.4, -0.2) is 73.0 Å². The van der Waals surface area contributed by atoms with Crippen LogP contribution in [0.1, 0.15) is 62.5 Å². The van der Waals surface area contributed by atoms with Crippen molar-refractivity contribution < 1.29 is 35.4 Å². The third-order valence-corrected chi connectivity index (χ3v) is 8.02. The molecule has 0 saturated heterocycles. The number of hydrogen-bond acceptors (Lipinski definition) is 7. The Morgan fingerprint density at radius 2 is 1.68 bits per heavy atom. The van der Waals surface area contributed by atoms with E-state index in [0.717, 1.165) is 32.1 Å². The Balaban J connectivity index is 1.35. The molecule has 0 bridgehead atoms. The Labute approximate surface area is 237 Å². The third kappa shape index (κ3) is 9.63. The molecule has 2 aromatic carbocycles. The molecule has 1 amide bonds. The number of aromatic hydroxyl groups is 2. The van der Waals surface area contributed by atoms with Crippen molar-refractivity contribution in [3.05, 3.63) is 71.8 Å². The number of hydrogen-bond donors (Lipinski definition) is 6. The SMILES string of the molecule is CN(C(=O)CCCCCC[C@@H]1[C@@H](C=C[C@@H](O)CCc2ccccc2)[C@H](O)C[C@@H]1O)C(O)Cc1ccc(O)c(O)c1. The number of unbranched alkanes of at least 4 members (excludes halogenated alkanes) is 3. The molecule has 0 aliphatic heterocycles. The van der Waals surface area contributed by atoms with Crippen molar-refractivity contribution in [3.63, 3.8) is 0 Å². The summed E-state index contributed by atoms with van der Waals surface area (Å²) in [4.78, 5) is 13.8. The van der Waals surface area contributed by atoms with Gasteiger partial charge in [0.2, 0.25) is 5.91 Å². The van der Waals surface area contributed by atoms with E-state index in [0.29, 0.717) is 31.2 Å². The number of phenols is 2. The Hall–Kier alpha value is -2.91. The van der Waals surface area contributed by atoms with Gasteiger partial charge in [0, 0.05) is 32.2 Å². The molecule has 1 aliphatic rings. The normalized spacial score (nSPS) is 22.4. The molecule has 0 spiro atoms. The van der Waals surface area contributed by atoms with Crippen LogP contribution in [0.3, 0.4) is 0 Å². The summed E-state index contributed by atoms with van der Waals surface area (Å²) in [6.45, 7) is 0. The van der Waals surface area contributed by atoms with E-state index in [9.17, 15) is 35.4 Å². The Bertz CT molecular complexity index is 1080. The van der Waals surface area contributed by atoms with E-state index < -0.39 is 24.5 Å². The van der Waals surface area contributed by atoms with Crippen LogP contribution in [0, 0.1) is 11.8 Å². The molecule has 0 heterocycles. The molecule has 1 aliphatic carbocycles. The number of nitrogens with zero attached hydrogens (tertiary/aromatic N) is 1. The summed E-state index contributed by atoms with van der Waals surface area (Å²) in [7, 11) is 1.55. The van der Waals surface area contributed by atoms with Crippen molar-refractivity contribution in [3.8, 4) is 11.5 Å². The van der Waals surface area contributed by atoms with Gasteiger partial charge in [0.25, 0.3) is 0 Å². The maximum atomic E-state index is 12.5. The van der Waals surface area contributed by atoms with Crippen molar-refractivity contribution in [2.24, 2.45) is 11.8 Å². The molecule has 6 atom stereocenters. The number of likely N-dealkylation sites (N-methyl/N-ethyl adjacent to an activating group) is 1. The topological polar surface area (TPSA) is 142 Å². The number of phenolic OH excluding ortho intramolecular Hbond substituents is 2. The fourth-order valence-corrected chi connectivity index (χ4v) is 5.49. The van der Waals surface area contributed by atoms with E-state index in [-0.39, 0.29) is 35.7 Å². The van der Waals surface area contributed by atoms with Crippen molar-refractivity contribution in [2.45, 2.75) is 88.7 Å². The number of aryl methyl sites for hydroxylation is 1. The Morgan fingerprint density at radius 3 is 2.40 bits per heavy atom. The second-order valence-electron chi connectivity index (χ2n) is 11.1. The van der Waals surface area contributed by atoms with E-state index in [2.05, 4.69) is 0 Å². The lowest BCUT2D eigenvalue weighted by atomic mass is 9.87. The molecule has 1 unspecified atom stereocenters. The quantitative estimate of drug-likeness (QED) is 0.0852. The van der Waals surface area contributed by atoms with E-state index in [1.807, 2.05) is 36.4 Å². The molecule has 1 fully saturated rings. The van der Waals surface area contributed by atoms with Gasteiger partial charge in [-0.15, -0.1) is 0 Å². The first-order valence-corrected chi connectivity index (χ1v) is 14.4. The summed E-state index contributed by atoms with van der Waals surface area (Å²) in [5.74, 6) is -0.914. The molecular weight excluding hydrogens is 510 g/mol. The third-order valence-electron chi connectivity index (χ3n) is 8.02. The van der Waals surface area contributed by atoms with Gasteiger partial charge in [-0.05, 0) is 54.9 Å². The number of carbonyl (C=O) groups excluding carboxylic acids is 1. The fourth-order valence-electron chi connectivity index (χ4n) is 5.49. The van der Waals surface area contributed by atoms with Crippen molar-refractivity contribution >= 4 is 5.91 Å². The maximum absolute atomic E-state index is 12.5. The van der Waals surface area contributed by atoms with Crippen LogP contribution in [0.25, 0.3) is 0 Å². The summed E-state index contributed by atoms with van der Waals surface area (Å²) >= 11 is 0. The van der Waals surface area contributed by atoms with Gasteiger partial charge in [0.05, 0.1) is 18.3 Å². The monoisotopic (exact) mass is 555 g/mol. The lowest BCUT2D eigenvalue weighted by molar-refractivity contribution is -0.138. The highest BCUT2D eigenvalue weighted by Crippen LogP contribution is 2.37. The number of aliphatic hydroxyl groups is 4. The van der Waals surface area contributed by atoms with Crippen LogP contribution in [-0.2, 0) is 17.6 Å². The predicted molar refractivity (Wildman–Crippen MR) is 153 cm³/mol. The van der Waals surface area contributed by atoms with Crippen molar-refractivity contribution in [1.29, 1.82) is 0 Å². The number of carbonyl (C=O) groups is 1. The molecule has 40 heavy (non-hydrogen) atoms. The average molecular weight is 556 g/mol. The van der Waals surface area contributed by atoms with E-state index in [1.165, 1.54) is 22.6 Å². The molecule has 1 saturated carbocycles. The van der Waals surface area contributed by atoms with Gasteiger partial charge in [0.15, 0.2) is 11.5 Å². The second kappa shape index (κ2) is 15.8. The lowest BCUT2D eigenvalue weighted by Crippen LogP contribution is -2.38. The standard InChI is InChI=1S/C32H45NO7/c1-33(32(40)20-23-14-18-27(35)30(38)19-23)31(39)12-8-3-2-7-11-25-26(29(37)21-28(25)36)17-16-24(34)15-13-22-9-5-4-6-10-22/h4-6,9-10,14,16-19,24-26,28-29,32,34-38,40H,2-3,7-8,11-13,15,20-21H2,1H3/t24-,25+,26+,28-,29+,32?/m0/s1. The van der Waals surface area contributed by atoms with Crippen LogP contribution in [0.5, 0.6) is 11.5 Å². The maximum Gasteiger partial charge on any atom is 0.224 e. The molecule has 3 rings (SSSR count). The largest absolute Gasteiger partial charge is 0.504 e. The van der Waals surface area contributed by atoms with Gasteiger partial charge >= 0.3 is 0 Å². The first-order valence-electron chi connectivity index (χ1n) is 14.4. The smallest absolute Gasteiger partial charge is 0.224 e. The first kappa shape index (κ1) is 31.6. The van der Waals surface area contributed by atoms with Gasteiger partial charge in [-0.25, -0.2) is 0 Å². The highest BCUT2D eigenvalue weighted by atomic mass is 16.3. The minimum Gasteiger partial charge on any atom is -0.504 e. The first-order chi connectivity index (χ1) is 19.2. The Kier molecular flexibility index (Phi) is 12.5. The number of benzene rings is 2. The second-order valence-corrected chi connectivity index (χ2v) is 11.1. The highest BCUT2D eigenvalue weighted by Gasteiger charge is 2.39. The van der Waals surface area contributed by atoms with Crippen LogP contribution in [0.15, 0.2) is 60.7 Å².